The molecule has 0 radical (unpaired) electrons. The molecule has 3 atom stereocenters. The lowest BCUT2D eigenvalue weighted by atomic mass is 9.52. The van der Waals surface area contributed by atoms with E-state index in [2.05, 4.69) is 35.7 Å². The molecule has 8 nitrogen and oxygen atoms in total. The molecule has 9 heteroatoms. The Morgan fingerprint density at radius 1 is 1.32 bits per heavy atom. The molecule has 1 saturated heterocycles. The van der Waals surface area contributed by atoms with Gasteiger partial charge in [0.1, 0.15) is 22.3 Å². The van der Waals surface area contributed by atoms with Gasteiger partial charge in [0, 0.05) is 0 Å². The molecule has 0 bridgehead atoms. The summed E-state index contributed by atoms with van der Waals surface area (Å²) in [6.07, 6.45) is 3.05. The molecule has 0 unspecified atom stereocenters. The highest BCUT2D eigenvalue weighted by Gasteiger charge is 2.75. The molecule has 2 aromatic rings. The smallest absolute Gasteiger partial charge is 0.180 e. The lowest BCUT2D eigenvalue weighted by Crippen LogP contribution is -2.80. The predicted octanol–water partition coefficient (Wildman–Crippen LogP) is 0.192. The minimum atomic E-state index is -0.916. The Bertz CT molecular complexity index is 807. The normalized spacial score (nSPS) is 32.9. The van der Waals surface area contributed by atoms with E-state index < -0.39 is 16.7 Å². The van der Waals surface area contributed by atoms with Crippen LogP contribution >= 0.6 is 0 Å². The van der Waals surface area contributed by atoms with Crippen LogP contribution in [-0.2, 0) is 14.9 Å². The Balaban J connectivity index is 2.24. The van der Waals surface area contributed by atoms with E-state index in [1.165, 1.54) is 6.33 Å². The third-order valence-electron chi connectivity index (χ3n) is 6.13. The van der Waals surface area contributed by atoms with E-state index in [1.54, 1.807) is 6.33 Å². The van der Waals surface area contributed by atoms with Gasteiger partial charge in [-0.3, -0.25) is 4.57 Å². The number of ether oxygens (including phenoxy) is 1. The monoisotopic (exact) mass is 365 g/mol. The Hall–Kier alpha value is -1.55. The highest BCUT2D eigenvalue weighted by Crippen LogP contribution is 2.66. The SMILES string of the molecule is CC(C)(C)[C@]1(C)O[C@](CO[SiH3])(n2cnc3c(N)ncnc32)[C@]1(C)CO. The van der Waals surface area contributed by atoms with Gasteiger partial charge >= 0.3 is 0 Å². The number of aromatic nitrogens is 4. The highest BCUT2D eigenvalue weighted by molar-refractivity contribution is 5.98. The summed E-state index contributed by atoms with van der Waals surface area (Å²) in [6.45, 7) is 10.6. The standard InChI is InChI=1S/C16H27N5O3Si/c1-13(2,3)15(5)14(4,6-22)16(24-15,7-23-25)21-9-20-10-11(17)18-8-19-12(10)21/h8-9,22H,6-7H2,1-5,25H3,(H2,17,18,19)/t14-,15+,16+/m1/s1. The number of aliphatic hydroxyl groups is 1. The largest absolute Gasteiger partial charge is 0.423 e. The number of nitrogens with two attached hydrogens (primary N) is 1. The van der Waals surface area contributed by atoms with Gasteiger partial charge in [-0.2, -0.15) is 0 Å². The van der Waals surface area contributed by atoms with Crippen LogP contribution in [0.4, 0.5) is 5.82 Å². The molecular weight excluding hydrogens is 338 g/mol. The van der Waals surface area contributed by atoms with Gasteiger partial charge in [0.25, 0.3) is 0 Å². The molecule has 3 heterocycles. The Morgan fingerprint density at radius 2 is 2.00 bits per heavy atom. The number of aliphatic hydroxyl groups excluding tert-OH is 1. The summed E-state index contributed by atoms with van der Waals surface area (Å²) in [5, 5.41) is 10.4. The van der Waals surface area contributed by atoms with Crippen molar-refractivity contribution in [1.29, 1.82) is 0 Å². The third-order valence-corrected chi connectivity index (χ3v) is 6.42. The lowest BCUT2D eigenvalue weighted by molar-refractivity contribution is -0.447. The van der Waals surface area contributed by atoms with E-state index in [1.807, 2.05) is 18.4 Å². The van der Waals surface area contributed by atoms with Crippen molar-refractivity contribution in [2.24, 2.45) is 10.8 Å². The van der Waals surface area contributed by atoms with Crippen molar-refractivity contribution in [3.05, 3.63) is 12.7 Å². The lowest BCUT2D eigenvalue weighted by Gasteiger charge is -2.71. The molecule has 25 heavy (non-hydrogen) atoms. The first-order valence-electron chi connectivity index (χ1n) is 8.32. The van der Waals surface area contributed by atoms with Crippen molar-refractivity contribution >= 4 is 27.5 Å². The fourth-order valence-electron chi connectivity index (χ4n) is 4.03. The summed E-state index contributed by atoms with van der Waals surface area (Å²) in [5.74, 6) is 0.314. The molecule has 3 N–H and O–H groups in total. The van der Waals surface area contributed by atoms with Gasteiger partial charge in [-0.1, -0.05) is 20.8 Å². The first kappa shape index (κ1) is 18.2. The van der Waals surface area contributed by atoms with Crippen molar-refractivity contribution in [1.82, 2.24) is 19.5 Å². The Morgan fingerprint density at radius 3 is 2.56 bits per heavy atom. The number of imidazole rings is 1. The number of anilines is 1. The second-order valence-electron chi connectivity index (χ2n) is 8.14. The van der Waals surface area contributed by atoms with E-state index >= 15 is 0 Å². The first-order chi connectivity index (χ1) is 11.6. The fourth-order valence-corrected chi connectivity index (χ4v) is 4.42. The Kier molecular flexibility index (Phi) is 3.99. The van der Waals surface area contributed by atoms with Gasteiger partial charge in [0.15, 0.2) is 17.2 Å². The minimum absolute atomic E-state index is 0.0636. The van der Waals surface area contributed by atoms with Crippen molar-refractivity contribution in [2.75, 3.05) is 18.9 Å². The first-order valence-corrected chi connectivity index (χ1v) is 9.13. The summed E-state index contributed by atoms with van der Waals surface area (Å²) < 4.78 is 14.0. The topological polar surface area (TPSA) is 108 Å². The summed E-state index contributed by atoms with van der Waals surface area (Å²) in [6, 6.07) is 0. The van der Waals surface area contributed by atoms with Gasteiger partial charge in [0.05, 0.1) is 30.6 Å². The molecule has 0 saturated carbocycles. The fraction of sp³-hybridized carbons (Fsp3) is 0.688. The number of hydrogen-bond donors (Lipinski definition) is 2. The molecule has 0 amide bonds. The maximum atomic E-state index is 10.4. The molecule has 0 aliphatic carbocycles. The van der Waals surface area contributed by atoms with E-state index in [4.69, 9.17) is 14.9 Å². The summed E-state index contributed by atoms with van der Waals surface area (Å²) in [5.41, 5.74) is 4.73. The van der Waals surface area contributed by atoms with Crippen LogP contribution in [0.25, 0.3) is 11.2 Å². The molecule has 1 fully saturated rings. The van der Waals surface area contributed by atoms with Gasteiger partial charge < -0.3 is 20.0 Å². The maximum Gasteiger partial charge on any atom is 0.180 e. The average Bonchev–Trinajstić information content (AvgIpc) is 2.97. The van der Waals surface area contributed by atoms with Crippen LogP contribution in [0.15, 0.2) is 12.7 Å². The molecular formula is C16H27N5O3Si. The zero-order chi connectivity index (χ0) is 18.7. The summed E-state index contributed by atoms with van der Waals surface area (Å²) in [7, 11) is 0.549. The van der Waals surface area contributed by atoms with Crippen LogP contribution in [0.1, 0.15) is 34.6 Å². The van der Waals surface area contributed by atoms with Crippen molar-refractivity contribution in [2.45, 2.75) is 45.9 Å². The predicted molar refractivity (Wildman–Crippen MR) is 97.7 cm³/mol. The van der Waals surface area contributed by atoms with Gasteiger partial charge in [-0.15, -0.1) is 0 Å². The van der Waals surface area contributed by atoms with Crippen LogP contribution in [0.5, 0.6) is 0 Å². The van der Waals surface area contributed by atoms with Crippen LogP contribution in [0.3, 0.4) is 0 Å². The Labute approximate surface area is 150 Å². The van der Waals surface area contributed by atoms with Gasteiger partial charge in [-0.25, -0.2) is 15.0 Å². The van der Waals surface area contributed by atoms with Gasteiger partial charge in [0.2, 0.25) is 0 Å². The van der Waals surface area contributed by atoms with E-state index in [-0.39, 0.29) is 12.0 Å². The number of nitrogens with zero attached hydrogens (tertiary/aromatic N) is 4. The average molecular weight is 366 g/mol. The third kappa shape index (κ3) is 2.06. The molecule has 1 aliphatic rings. The molecule has 0 aromatic carbocycles. The second kappa shape index (κ2) is 5.47. The zero-order valence-electron chi connectivity index (χ0n) is 15.7. The van der Waals surface area contributed by atoms with E-state index in [0.717, 1.165) is 0 Å². The summed E-state index contributed by atoms with van der Waals surface area (Å²) >= 11 is 0. The minimum Gasteiger partial charge on any atom is -0.423 e. The van der Waals surface area contributed by atoms with Crippen molar-refractivity contribution in [3.8, 4) is 0 Å². The van der Waals surface area contributed by atoms with Gasteiger partial charge in [-0.05, 0) is 19.3 Å². The summed E-state index contributed by atoms with van der Waals surface area (Å²) in [4.78, 5) is 12.7. The number of hydrogen-bond acceptors (Lipinski definition) is 7. The number of rotatable bonds is 4. The highest BCUT2D eigenvalue weighted by atomic mass is 28.2. The number of nitrogen functional groups attached to an aromatic ring is 1. The molecule has 3 rings (SSSR count). The van der Waals surface area contributed by atoms with Crippen molar-refractivity contribution < 1.29 is 14.3 Å². The number of fused-ring (bicyclic) bond motifs is 1. The molecule has 2 aromatic heterocycles. The molecule has 0 spiro atoms. The van der Waals surface area contributed by atoms with Crippen molar-refractivity contribution in [3.63, 3.8) is 0 Å². The van der Waals surface area contributed by atoms with Crippen LogP contribution in [0.2, 0.25) is 0 Å². The van der Waals surface area contributed by atoms with Crippen LogP contribution in [-0.4, -0.2) is 53.9 Å². The quantitative estimate of drug-likeness (QED) is 0.745. The molecule has 1 aliphatic heterocycles. The zero-order valence-corrected chi connectivity index (χ0v) is 17.7. The molecule has 138 valence electrons. The maximum absolute atomic E-state index is 10.4. The van der Waals surface area contributed by atoms with Crippen LogP contribution in [0, 0.1) is 10.8 Å². The second-order valence-corrected chi connectivity index (χ2v) is 8.72. The van der Waals surface area contributed by atoms with Crippen LogP contribution < -0.4 is 5.73 Å². The van der Waals surface area contributed by atoms with E-state index in [0.29, 0.717) is 34.1 Å². The van der Waals surface area contributed by atoms with E-state index in [9.17, 15) is 5.11 Å².